The number of hydrogen-bond acceptors (Lipinski definition) is 5. The van der Waals surface area contributed by atoms with Gasteiger partial charge in [-0.1, -0.05) is 6.07 Å². The van der Waals surface area contributed by atoms with Crippen molar-refractivity contribution < 1.29 is 18.3 Å². The number of aromatic nitrogens is 2. The highest BCUT2D eigenvalue weighted by Crippen LogP contribution is 2.27. The number of rotatable bonds is 4. The third-order valence-corrected chi connectivity index (χ3v) is 4.89. The number of nitrogens with zero attached hydrogens (tertiary/aromatic N) is 2. The Morgan fingerprint density at radius 2 is 2.08 bits per heavy atom. The molecule has 0 N–H and O–H groups in total. The molecule has 0 bridgehead atoms. The zero-order valence-electron chi connectivity index (χ0n) is 13.5. The third-order valence-electron chi connectivity index (χ3n) is 3.72. The Morgan fingerprint density at radius 3 is 2.76 bits per heavy atom. The Balaban J connectivity index is 2.04. The Morgan fingerprint density at radius 1 is 1.32 bits per heavy atom. The van der Waals surface area contributed by atoms with E-state index in [4.69, 9.17) is 4.74 Å². The van der Waals surface area contributed by atoms with Gasteiger partial charge in [-0.15, -0.1) is 11.3 Å². The molecule has 2 aromatic heterocycles. The summed E-state index contributed by atoms with van der Waals surface area (Å²) < 4.78 is 32.6. The Labute approximate surface area is 145 Å². The summed E-state index contributed by atoms with van der Waals surface area (Å²) in [6.07, 6.45) is 1.33. The van der Waals surface area contributed by atoms with Crippen LogP contribution < -0.4 is 5.56 Å². The second kappa shape index (κ2) is 6.72. The fraction of sp³-hybridized carbons (Fsp3) is 0.235. The zero-order chi connectivity index (χ0) is 18.1. The lowest BCUT2D eigenvalue weighted by atomic mass is 10.2. The summed E-state index contributed by atoms with van der Waals surface area (Å²) in [5.74, 6) is -2.41. The number of halogens is 2. The summed E-state index contributed by atoms with van der Waals surface area (Å²) in [5.41, 5.74) is 0.593. The number of fused-ring (bicyclic) bond motifs is 1. The van der Waals surface area contributed by atoms with Gasteiger partial charge >= 0.3 is 5.97 Å². The molecular formula is C17H14F2N2O3S. The molecule has 0 aliphatic carbocycles. The van der Waals surface area contributed by atoms with E-state index in [0.717, 1.165) is 23.5 Å². The number of carbonyl (C=O) groups is 1. The second-order valence-electron chi connectivity index (χ2n) is 5.38. The standard InChI is InChI=1S/C17H14F2N2O3S/c1-3-24-17(23)14-9(2)13-15(25-14)20-8-21(16(13)22)7-10-4-5-11(18)12(19)6-10/h4-6,8H,3,7H2,1-2H3. The normalized spacial score (nSPS) is 11.0. The lowest BCUT2D eigenvalue weighted by Gasteiger charge is -2.06. The molecule has 0 aliphatic heterocycles. The summed E-state index contributed by atoms with van der Waals surface area (Å²) in [6.45, 7) is 3.65. The maximum Gasteiger partial charge on any atom is 0.348 e. The average molecular weight is 364 g/mol. The molecule has 0 amide bonds. The van der Waals surface area contributed by atoms with Gasteiger partial charge in [-0.05, 0) is 37.1 Å². The molecule has 8 heteroatoms. The van der Waals surface area contributed by atoms with Crippen molar-refractivity contribution in [1.29, 1.82) is 0 Å². The lowest BCUT2D eigenvalue weighted by molar-refractivity contribution is 0.0531. The van der Waals surface area contributed by atoms with Gasteiger partial charge < -0.3 is 4.74 Å². The van der Waals surface area contributed by atoms with Gasteiger partial charge in [0.1, 0.15) is 9.71 Å². The molecule has 3 aromatic rings. The van der Waals surface area contributed by atoms with Crippen molar-refractivity contribution in [1.82, 2.24) is 9.55 Å². The highest BCUT2D eigenvalue weighted by atomic mass is 32.1. The molecule has 0 aliphatic rings. The molecular weight excluding hydrogens is 350 g/mol. The molecule has 0 unspecified atom stereocenters. The van der Waals surface area contributed by atoms with Gasteiger partial charge in [0, 0.05) is 0 Å². The molecule has 25 heavy (non-hydrogen) atoms. The third kappa shape index (κ3) is 3.17. The van der Waals surface area contributed by atoms with Crippen molar-refractivity contribution in [3.05, 3.63) is 62.5 Å². The van der Waals surface area contributed by atoms with Crippen molar-refractivity contribution in [3.8, 4) is 0 Å². The van der Waals surface area contributed by atoms with Crippen LogP contribution in [-0.2, 0) is 11.3 Å². The van der Waals surface area contributed by atoms with E-state index in [-0.39, 0.29) is 18.7 Å². The van der Waals surface area contributed by atoms with Crippen LogP contribution in [0, 0.1) is 18.6 Å². The van der Waals surface area contributed by atoms with E-state index < -0.39 is 17.6 Å². The quantitative estimate of drug-likeness (QED) is 0.667. The molecule has 0 radical (unpaired) electrons. The number of thiophene rings is 1. The molecule has 3 rings (SSSR count). The predicted octanol–water partition coefficient (Wildman–Crippen LogP) is 3.27. The number of esters is 1. The first kappa shape index (κ1) is 17.2. The summed E-state index contributed by atoms with van der Waals surface area (Å²) in [4.78, 5) is 29.7. The van der Waals surface area contributed by atoms with E-state index >= 15 is 0 Å². The summed E-state index contributed by atoms with van der Waals surface area (Å²) in [6, 6.07) is 3.45. The smallest absolute Gasteiger partial charge is 0.348 e. The van der Waals surface area contributed by atoms with Gasteiger partial charge in [0.25, 0.3) is 5.56 Å². The van der Waals surface area contributed by atoms with Crippen LogP contribution in [0.2, 0.25) is 0 Å². The van der Waals surface area contributed by atoms with Crippen molar-refractivity contribution in [3.63, 3.8) is 0 Å². The van der Waals surface area contributed by atoms with Gasteiger partial charge in [0.2, 0.25) is 0 Å². The van der Waals surface area contributed by atoms with E-state index in [9.17, 15) is 18.4 Å². The number of benzene rings is 1. The van der Waals surface area contributed by atoms with E-state index in [1.807, 2.05) is 0 Å². The Bertz CT molecular complexity index is 1030. The van der Waals surface area contributed by atoms with Crippen LogP contribution in [0.25, 0.3) is 10.2 Å². The van der Waals surface area contributed by atoms with E-state index in [1.165, 1.54) is 17.0 Å². The first-order chi connectivity index (χ1) is 11.9. The molecule has 0 saturated heterocycles. The second-order valence-corrected chi connectivity index (χ2v) is 6.38. The van der Waals surface area contributed by atoms with Gasteiger partial charge in [-0.25, -0.2) is 18.6 Å². The molecule has 2 heterocycles. The summed E-state index contributed by atoms with van der Waals surface area (Å²) in [5, 5.41) is 0.332. The van der Waals surface area contributed by atoms with E-state index in [0.29, 0.717) is 26.2 Å². The fourth-order valence-corrected chi connectivity index (χ4v) is 3.53. The predicted molar refractivity (Wildman–Crippen MR) is 90.0 cm³/mol. The minimum absolute atomic E-state index is 0.0446. The van der Waals surface area contributed by atoms with Gasteiger partial charge in [0.15, 0.2) is 11.6 Å². The Hall–Kier alpha value is -2.61. The van der Waals surface area contributed by atoms with Crippen molar-refractivity contribution in [2.75, 3.05) is 6.61 Å². The fourth-order valence-electron chi connectivity index (χ4n) is 2.50. The van der Waals surface area contributed by atoms with Crippen LogP contribution in [0.3, 0.4) is 0 Å². The van der Waals surface area contributed by atoms with Gasteiger partial charge in [-0.3, -0.25) is 9.36 Å². The maximum absolute atomic E-state index is 13.3. The van der Waals surface area contributed by atoms with Crippen LogP contribution in [0.5, 0.6) is 0 Å². The van der Waals surface area contributed by atoms with Crippen molar-refractivity contribution in [2.24, 2.45) is 0 Å². The molecule has 1 aromatic carbocycles. The summed E-state index contributed by atoms with van der Waals surface area (Å²) in [7, 11) is 0. The van der Waals surface area contributed by atoms with Crippen LogP contribution >= 0.6 is 11.3 Å². The van der Waals surface area contributed by atoms with Crippen LogP contribution in [0.15, 0.2) is 29.3 Å². The number of aryl methyl sites for hydroxylation is 1. The molecule has 0 atom stereocenters. The minimum atomic E-state index is -0.976. The SMILES string of the molecule is CCOC(=O)c1sc2ncn(Cc3ccc(F)c(F)c3)c(=O)c2c1C. The highest BCUT2D eigenvalue weighted by molar-refractivity contribution is 7.20. The Kier molecular flexibility index (Phi) is 4.63. The lowest BCUT2D eigenvalue weighted by Crippen LogP contribution is -2.21. The number of hydrogen-bond donors (Lipinski definition) is 0. The van der Waals surface area contributed by atoms with Gasteiger partial charge in [0.05, 0.1) is 24.9 Å². The van der Waals surface area contributed by atoms with Crippen LogP contribution in [0.1, 0.15) is 27.7 Å². The van der Waals surface area contributed by atoms with Gasteiger partial charge in [-0.2, -0.15) is 0 Å². The zero-order valence-corrected chi connectivity index (χ0v) is 14.3. The number of ether oxygens (including phenoxy) is 1. The molecule has 0 spiro atoms. The van der Waals surface area contributed by atoms with Crippen LogP contribution in [0.4, 0.5) is 8.78 Å². The average Bonchev–Trinajstić information content (AvgIpc) is 2.91. The topological polar surface area (TPSA) is 61.2 Å². The monoisotopic (exact) mass is 364 g/mol. The van der Waals surface area contributed by atoms with Crippen LogP contribution in [-0.4, -0.2) is 22.1 Å². The molecule has 0 fully saturated rings. The van der Waals surface area contributed by atoms with E-state index in [2.05, 4.69) is 4.98 Å². The minimum Gasteiger partial charge on any atom is -0.462 e. The highest BCUT2D eigenvalue weighted by Gasteiger charge is 2.20. The van der Waals surface area contributed by atoms with E-state index in [1.54, 1.807) is 13.8 Å². The first-order valence-electron chi connectivity index (χ1n) is 7.52. The summed E-state index contributed by atoms with van der Waals surface area (Å²) >= 11 is 1.10. The molecule has 0 saturated carbocycles. The number of carbonyl (C=O) groups excluding carboxylic acids is 1. The largest absolute Gasteiger partial charge is 0.462 e. The maximum atomic E-state index is 13.3. The first-order valence-corrected chi connectivity index (χ1v) is 8.33. The molecule has 130 valence electrons. The van der Waals surface area contributed by atoms with Crippen molar-refractivity contribution >= 4 is 27.5 Å². The van der Waals surface area contributed by atoms with Crippen molar-refractivity contribution in [2.45, 2.75) is 20.4 Å². The molecule has 5 nitrogen and oxygen atoms in total.